The Morgan fingerprint density at radius 1 is 1.10 bits per heavy atom. The first kappa shape index (κ1) is 14.7. The van der Waals surface area contributed by atoms with E-state index in [1.165, 1.54) is 17.7 Å². The van der Waals surface area contributed by atoms with Gasteiger partial charge in [0.25, 0.3) is 0 Å². The molecule has 1 unspecified atom stereocenters. The van der Waals surface area contributed by atoms with Crippen LogP contribution in [0.25, 0.3) is 0 Å². The molecule has 3 heteroatoms. The van der Waals surface area contributed by atoms with E-state index in [9.17, 15) is 4.39 Å². The molecule has 20 heavy (non-hydrogen) atoms. The first-order valence-corrected chi connectivity index (χ1v) is 7.17. The fourth-order valence-electron chi connectivity index (χ4n) is 2.23. The molecule has 1 aromatic carbocycles. The molecular weight excluding hydrogens is 251 g/mol. The third kappa shape index (κ3) is 4.42. The van der Waals surface area contributed by atoms with Crippen LogP contribution in [0.2, 0.25) is 0 Å². The minimum absolute atomic E-state index is 0.183. The van der Waals surface area contributed by atoms with E-state index in [-0.39, 0.29) is 11.9 Å². The summed E-state index contributed by atoms with van der Waals surface area (Å²) >= 11 is 0. The second-order valence-corrected chi connectivity index (χ2v) is 4.98. The van der Waals surface area contributed by atoms with Crippen molar-refractivity contribution in [2.75, 3.05) is 0 Å². The molecule has 106 valence electrons. The molecule has 0 fully saturated rings. The van der Waals surface area contributed by atoms with E-state index >= 15 is 0 Å². The van der Waals surface area contributed by atoms with Crippen LogP contribution in [0.5, 0.6) is 0 Å². The number of hydrogen-bond donors (Lipinski definition) is 1. The highest BCUT2D eigenvalue weighted by Crippen LogP contribution is 2.20. The van der Waals surface area contributed by atoms with Gasteiger partial charge in [0.1, 0.15) is 5.82 Å². The summed E-state index contributed by atoms with van der Waals surface area (Å²) in [5, 5.41) is 3.56. The highest BCUT2D eigenvalue weighted by atomic mass is 19.1. The van der Waals surface area contributed by atoms with Crippen LogP contribution < -0.4 is 5.32 Å². The number of hydrogen-bond acceptors (Lipinski definition) is 2. The number of pyridine rings is 1. The number of nitrogens with zero attached hydrogens (tertiary/aromatic N) is 1. The third-order valence-electron chi connectivity index (χ3n) is 3.42. The van der Waals surface area contributed by atoms with Crippen molar-refractivity contribution in [1.29, 1.82) is 0 Å². The Hall–Kier alpha value is -1.74. The molecule has 0 saturated heterocycles. The molecule has 0 aliphatic rings. The van der Waals surface area contributed by atoms with E-state index in [4.69, 9.17) is 0 Å². The second kappa shape index (κ2) is 7.75. The number of rotatable bonds is 7. The number of benzene rings is 1. The normalized spacial score (nSPS) is 12.3. The Morgan fingerprint density at radius 2 is 1.80 bits per heavy atom. The first-order chi connectivity index (χ1) is 9.79. The first-order valence-electron chi connectivity index (χ1n) is 7.17. The van der Waals surface area contributed by atoms with Gasteiger partial charge in [-0.05, 0) is 41.8 Å². The van der Waals surface area contributed by atoms with Crippen molar-refractivity contribution in [1.82, 2.24) is 10.3 Å². The van der Waals surface area contributed by atoms with E-state index in [2.05, 4.69) is 17.2 Å². The molecule has 0 radical (unpaired) electrons. The fourth-order valence-corrected chi connectivity index (χ4v) is 2.23. The molecule has 1 heterocycles. The highest BCUT2D eigenvalue weighted by molar-refractivity contribution is 5.20. The molecule has 0 bridgehead atoms. The number of halogens is 1. The minimum atomic E-state index is -0.183. The summed E-state index contributed by atoms with van der Waals surface area (Å²) in [5.41, 5.74) is 2.36. The molecule has 1 N–H and O–H groups in total. The number of aromatic nitrogens is 1. The average Bonchev–Trinajstić information content (AvgIpc) is 2.50. The van der Waals surface area contributed by atoms with Crippen molar-refractivity contribution in [3.63, 3.8) is 0 Å². The van der Waals surface area contributed by atoms with Crippen molar-refractivity contribution in [3.8, 4) is 0 Å². The van der Waals surface area contributed by atoms with E-state index in [1.54, 1.807) is 12.4 Å². The van der Waals surface area contributed by atoms with E-state index in [0.29, 0.717) is 0 Å². The topological polar surface area (TPSA) is 24.9 Å². The Kier molecular flexibility index (Phi) is 5.69. The monoisotopic (exact) mass is 272 g/mol. The van der Waals surface area contributed by atoms with Crippen molar-refractivity contribution in [2.45, 2.75) is 38.8 Å². The van der Waals surface area contributed by atoms with Gasteiger partial charge in [0, 0.05) is 25.0 Å². The predicted octanol–water partition coefficient (Wildman–Crippen LogP) is 4.24. The van der Waals surface area contributed by atoms with Crippen molar-refractivity contribution >= 4 is 0 Å². The molecule has 0 saturated carbocycles. The molecular formula is C17H21FN2. The van der Waals surface area contributed by atoms with Crippen molar-refractivity contribution < 1.29 is 4.39 Å². The maximum absolute atomic E-state index is 13.0. The van der Waals surface area contributed by atoms with Crippen LogP contribution in [-0.4, -0.2) is 4.98 Å². The summed E-state index contributed by atoms with van der Waals surface area (Å²) in [6.45, 7) is 2.98. The molecule has 0 amide bonds. The zero-order chi connectivity index (χ0) is 14.2. The fraction of sp³-hybridized carbons (Fsp3) is 0.353. The lowest BCUT2D eigenvalue weighted by molar-refractivity contribution is 0.479. The van der Waals surface area contributed by atoms with Gasteiger partial charge in [0.05, 0.1) is 0 Å². The van der Waals surface area contributed by atoms with Crippen molar-refractivity contribution in [3.05, 3.63) is 65.7 Å². The highest BCUT2D eigenvalue weighted by Gasteiger charge is 2.10. The summed E-state index contributed by atoms with van der Waals surface area (Å²) in [4.78, 5) is 4.02. The molecule has 1 atom stereocenters. The summed E-state index contributed by atoms with van der Waals surface area (Å²) < 4.78 is 13.0. The maximum atomic E-state index is 13.0. The Morgan fingerprint density at radius 3 is 2.45 bits per heavy atom. The molecule has 2 aromatic rings. The van der Waals surface area contributed by atoms with Gasteiger partial charge in [-0.1, -0.05) is 31.9 Å². The van der Waals surface area contributed by atoms with E-state index in [0.717, 1.165) is 31.4 Å². The van der Waals surface area contributed by atoms with Gasteiger partial charge < -0.3 is 5.32 Å². The predicted molar refractivity (Wildman–Crippen MR) is 79.7 cm³/mol. The lowest BCUT2D eigenvalue weighted by Crippen LogP contribution is -2.21. The average molecular weight is 272 g/mol. The lowest BCUT2D eigenvalue weighted by atomic mass is 10.0. The summed E-state index contributed by atoms with van der Waals surface area (Å²) in [6, 6.07) is 11.1. The molecule has 0 spiro atoms. The number of unbranched alkanes of at least 4 members (excludes halogenated alkanes) is 1. The second-order valence-electron chi connectivity index (χ2n) is 4.98. The zero-order valence-corrected chi connectivity index (χ0v) is 11.8. The summed E-state index contributed by atoms with van der Waals surface area (Å²) in [7, 11) is 0. The summed E-state index contributed by atoms with van der Waals surface area (Å²) in [6.07, 6.45) is 6.99. The molecule has 1 aromatic heterocycles. The van der Waals surface area contributed by atoms with Crippen LogP contribution >= 0.6 is 0 Å². The summed E-state index contributed by atoms with van der Waals surface area (Å²) in [5.74, 6) is -0.183. The van der Waals surface area contributed by atoms with E-state index < -0.39 is 0 Å². The largest absolute Gasteiger partial charge is 0.306 e. The van der Waals surface area contributed by atoms with Gasteiger partial charge in [-0.2, -0.15) is 0 Å². The van der Waals surface area contributed by atoms with Crippen molar-refractivity contribution in [2.24, 2.45) is 0 Å². The minimum Gasteiger partial charge on any atom is -0.306 e. The Labute approximate surface area is 120 Å². The smallest absolute Gasteiger partial charge is 0.123 e. The third-order valence-corrected chi connectivity index (χ3v) is 3.42. The van der Waals surface area contributed by atoms with Crippen LogP contribution in [0, 0.1) is 5.82 Å². The van der Waals surface area contributed by atoms with Gasteiger partial charge in [-0.25, -0.2) is 4.39 Å². The van der Waals surface area contributed by atoms with Gasteiger partial charge in [-0.15, -0.1) is 0 Å². The Balaban J connectivity index is 2.01. The Bertz CT molecular complexity index is 496. The van der Waals surface area contributed by atoms with Gasteiger partial charge in [0.2, 0.25) is 0 Å². The SMILES string of the molecule is CCCCC(NCc1ccncc1)c1ccc(F)cc1. The van der Waals surface area contributed by atoms with E-state index in [1.807, 2.05) is 24.3 Å². The molecule has 0 aliphatic heterocycles. The molecule has 0 aliphatic carbocycles. The molecule has 2 nitrogen and oxygen atoms in total. The molecule has 2 rings (SSSR count). The quantitative estimate of drug-likeness (QED) is 0.815. The van der Waals surface area contributed by atoms with Gasteiger partial charge in [0.15, 0.2) is 0 Å². The van der Waals surface area contributed by atoms with Gasteiger partial charge in [-0.3, -0.25) is 4.98 Å². The van der Waals surface area contributed by atoms with Crippen LogP contribution in [0.1, 0.15) is 43.4 Å². The zero-order valence-electron chi connectivity index (χ0n) is 11.8. The standard InChI is InChI=1S/C17H21FN2/c1-2-3-4-17(15-5-7-16(18)8-6-15)20-13-14-9-11-19-12-10-14/h5-12,17,20H,2-4,13H2,1H3. The van der Waals surface area contributed by atoms with Crippen LogP contribution in [0.15, 0.2) is 48.8 Å². The maximum Gasteiger partial charge on any atom is 0.123 e. The van der Waals surface area contributed by atoms with Crippen LogP contribution in [0.3, 0.4) is 0 Å². The lowest BCUT2D eigenvalue weighted by Gasteiger charge is -2.19. The number of nitrogens with one attached hydrogen (secondary N) is 1. The van der Waals surface area contributed by atoms with Crippen LogP contribution in [-0.2, 0) is 6.54 Å². The van der Waals surface area contributed by atoms with Crippen LogP contribution in [0.4, 0.5) is 4.39 Å². The van der Waals surface area contributed by atoms with Gasteiger partial charge >= 0.3 is 0 Å².